The number of hydrogen-bond acceptors (Lipinski definition) is 4. The lowest BCUT2D eigenvalue weighted by molar-refractivity contribution is 0.0678. The Hall–Kier alpha value is -1.89. The largest absolute Gasteiger partial charge is 0.478 e. The van der Waals surface area contributed by atoms with Crippen molar-refractivity contribution in [3.63, 3.8) is 0 Å². The fraction of sp³-hybridized carbons (Fsp3) is 0.111. The monoisotopic (exact) mass is 244 g/mol. The summed E-state index contributed by atoms with van der Waals surface area (Å²) in [6, 6.07) is 2.84. The average Bonchev–Trinajstić information content (AvgIpc) is 2.15. The van der Waals surface area contributed by atoms with Crippen LogP contribution < -0.4 is 0 Å². The summed E-state index contributed by atoms with van der Waals surface area (Å²) in [5.74, 6) is -2.74. The van der Waals surface area contributed by atoms with Gasteiger partial charge in [-0.2, -0.15) is 0 Å². The van der Waals surface area contributed by atoms with Gasteiger partial charge in [-0.15, -0.1) is 0 Å². The van der Waals surface area contributed by atoms with Crippen LogP contribution >= 0.6 is 0 Å². The SMILES string of the molecule is CS(=O)(=O)c1cc(C(=O)O)ccc1C(=O)O. The highest BCUT2D eigenvalue weighted by atomic mass is 32.2. The van der Waals surface area contributed by atoms with Crippen molar-refractivity contribution in [2.75, 3.05) is 6.26 Å². The molecule has 86 valence electrons. The molecule has 0 bridgehead atoms. The number of aromatic carboxylic acids is 2. The Morgan fingerprint density at radius 2 is 1.69 bits per heavy atom. The zero-order chi connectivity index (χ0) is 12.5. The second kappa shape index (κ2) is 3.93. The summed E-state index contributed by atoms with van der Waals surface area (Å²) in [7, 11) is -3.78. The second-order valence-corrected chi connectivity index (χ2v) is 5.08. The van der Waals surface area contributed by atoms with E-state index < -0.39 is 32.2 Å². The Bertz CT molecular complexity index is 557. The van der Waals surface area contributed by atoms with Crippen molar-refractivity contribution in [3.05, 3.63) is 29.3 Å². The maximum absolute atomic E-state index is 11.3. The van der Waals surface area contributed by atoms with Gasteiger partial charge in [0.15, 0.2) is 9.84 Å². The minimum absolute atomic E-state index is 0.273. The summed E-state index contributed by atoms with van der Waals surface area (Å²) in [5.41, 5.74) is -0.710. The molecule has 0 fully saturated rings. The number of carbonyl (C=O) groups is 2. The molecule has 0 spiro atoms. The Kier molecular flexibility index (Phi) is 2.99. The molecule has 0 atom stereocenters. The van der Waals surface area contributed by atoms with E-state index in [-0.39, 0.29) is 5.56 Å². The number of sulfone groups is 1. The number of carboxylic acids is 2. The number of hydrogen-bond donors (Lipinski definition) is 2. The van der Waals surface area contributed by atoms with Gasteiger partial charge in [-0.3, -0.25) is 0 Å². The average molecular weight is 244 g/mol. The van der Waals surface area contributed by atoms with Crippen molar-refractivity contribution in [2.24, 2.45) is 0 Å². The molecule has 2 N–H and O–H groups in total. The highest BCUT2D eigenvalue weighted by Gasteiger charge is 2.20. The summed E-state index contributed by atoms with van der Waals surface area (Å²) in [6.07, 6.45) is 0.820. The van der Waals surface area contributed by atoms with Crippen LogP contribution in [0.5, 0.6) is 0 Å². The molecule has 0 radical (unpaired) electrons. The molecule has 0 amide bonds. The Morgan fingerprint density at radius 1 is 1.12 bits per heavy atom. The minimum Gasteiger partial charge on any atom is -0.478 e. The molecule has 7 heteroatoms. The minimum atomic E-state index is -3.78. The standard InChI is InChI=1S/C9H8O6S/c1-16(14,15)7-4-5(8(10)11)2-3-6(7)9(12)13/h2-4H,1H3,(H,10,11)(H,12,13). The van der Waals surface area contributed by atoms with Crippen LogP contribution in [0.25, 0.3) is 0 Å². The smallest absolute Gasteiger partial charge is 0.337 e. The molecule has 1 rings (SSSR count). The topological polar surface area (TPSA) is 109 Å². The van der Waals surface area contributed by atoms with Crippen LogP contribution in [-0.4, -0.2) is 36.8 Å². The molecule has 1 aromatic rings. The van der Waals surface area contributed by atoms with Crippen LogP contribution in [0.1, 0.15) is 20.7 Å². The first-order chi connectivity index (χ1) is 7.23. The van der Waals surface area contributed by atoms with Crippen LogP contribution in [0.4, 0.5) is 0 Å². The van der Waals surface area contributed by atoms with E-state index in [1.165, 1.54) is 0 Å². The van der Waals surface area contributed by atoms with Gasteiger partial charge in [-0.1, -0.05) is 0 Å². The molecule has 0 unspecified atom stereocenters. The van der Waals surface area contributed by atoms with E-state index in [0.29, 0.717) is 0 Å². The number of carboxylic acid groups (broad SMARTS) is 2. The van der Waals surface area contributed by atoms with E-state index in [1.54, 1.807) is 0 Å². The van der Waals surface area contributed by atoms with Gasteiger partial charge in [-0.25, -0.2) is 18.0 Å². The van der Waals surface area contributed by atoms with Crippen LogP contribution in [0.15, 0.2) is 23.1 Å². The molecule has 0 heterocycles. The van der Waals surface area contributed by atoms with E-state index in [9.17, 15) is 18.0 Å². The van der Waals surface area contributed by atoms with Crippen LogP contribution in [-0.2, 0) is 9.84 Å². The van der Waals surface area contributed by atoms with Crippen LogP contribution in [0.3, 0.4) is 0 Å². The predicted octanol–water partition coefficient (Wildman–Crippen LogP) is 0.487. The van der Waals surface area contributed by atoms with Crippen molar-refractivity contribution in [1.29, 1.82) is 0 Å². The highest BCUT2D eigenvalue weighted by Crippen LogP contribution is 2.18. The van der Waals surface area contributed by atoms with Crippen molar-refractivity contribution in [3.8, 4) is 0 Å². The Balaban J connectivity index is 3.58. The summed E-state index contributed by atoms with van der Waals surface area (Å²) in [6.45, 7) is 0. The summed E-state index contributed by atoms with van der Waals surface area (Å²) in [5, 5.41) is 17.4. The van der Waals surface area contributed by atoms with Crippen LogP contribution in [0.2, 0.25) is 0 Å². The molecule has 16 heavy (non-hydrogen) atoms. The zero-order valence-corrected chi connectivity index (χ0v) is 8.98. The van der Waals surface area contributed by atoms with Crippen molar-refractivity contribution >= 4 is 21.8 Å². The highest BCUT2D eigenvalue weighted by molar-refractivity contribution is 7.90. The quantitative estimate of drug-likeness (QED) is 0.800. The molecule has 0 aliphatic heterocycles. The van der Waals surface area contributed by atoms with Gasteiger partial charge in [-0.05, 0) is 18.2 Å². The van der Waals surface area contributed by atoms with Gasteiger partial charge in [0.2, 0.25) is 0 Å². The molecule has 0 aliphatic rings. The van der Waals surface area contributed by atoms with E-state index >= 15 is 0 Å². The van der Waals surface area contributed by atoms with Crippen molar-refractivity contribution in [1.82, 2.24) is 0 Å². The van der Waals surface area contributed by atoms with Gasteiger partial charge >= 0.3 is 11.9 Å². The molecule has 0 aliphatic carbocycles. The Labute approximate surface area is 91.1 Å². The summed E-state index contributed by atoms with van der Waals surface area (Å²) >= 11 is 0. The lowest BCUT2D eigenvalue weighted by atomic mass is 10.1. The van der Waals surface area contributed by atoms with Crippen LogP contribution in [0, 0.1) is 0 Å². The van der Waals surface area contributed by atoms with Crippen molar-refractivity contribution < 1.29 is 28.2 Å². The molecule has 0 aromatic heterocycles. The first-order valence-electron chi connectivity index (χ1n) is 4.04. The third-order valence-electron chi connectivity index (χ3n) is 1.86. The van der Waals surface area contributed by atoms with E-state index in [2.05, 4.69) is 0 Å². The number of benzene rings is 1. The second-order valence-electron chi connectivity index (χ2n) is 3.09. The molecule has 0 saturated carbocycles. The predicted molar refractivity (Wildman–Crippen MR) is 53.5 cm³/mol. The third kappa shape index (κ3) is 2.37. The van der Waals surface area contributed by atoms with Gasteiger partial charge in [0.05, 0.1) is 16.0 Å². The first kappa shape index (κ1) is 12.2. The molecule has 1 aromatic carbocycles. The first-order valence-corrected chi connectivity index (χ1v) is 5.93. The van der Waals surface area contributed by atoms with Gasteiger partial charge in [0.1, 0.15) is 0 Å². The molecular formula is C9H8O6S. The van der Waals surface area contributed by atoms with Gasteiger partial charge in [0.25, 0.3) is 0 Å². The van der Waals surface area contributed by atoms with E-state index in [0.717, 1.165) is 24.5 Å². The van der Waals surface area contributed by atoms with E-state index in [1.807, 2.05) is 0 Å². The molecular weight excluding hydrogens is 236 g/mol. The normalized spacial score (nSPS) is 11.1. The van der Waals surface area contributed by atoms with E-state index in [4.69, 9.17) is 10.2 Å². The summed E-state index contributed by atoms with van der Waals surface area (Å²) in [4.78, 5) is 20.9. The zero-order valence-electron chi connectivity index (χ0n) is 8.17. The van der Waals surface area contributed by atoms with Gasteiger partial charge < -0.3 is 10.2 Å². The fourth-order valence-electron chi connectivity index (χ4n) is 1.14. The Morgan fingerprint density at radius 3 is 2.06 bits per heavy atom. The molecule has 6 nitrogen and oxygen atoms in total. The maximum atomic E-state index is 11.3. The molecule has 0 saturated heterocycles. The number of rotatable bonds is 3. The lowest BCUT2D eigenvalue weighted by Crippen LogP contribution is -2.09. The summed E-state index contributed by atoms with van der Waals surface area (Å²) < 4.78 is 22.6. The van der Waals surface area contributed by atoms with Gasteiger partial charge in [0, 0.05) is 6.26 Å². The third-order valence-corrected chi connectivity index (χ3v) is 3.00. The van der Waals surface area contributed by atoms with Crippen molar-refractivity contribution in [2.45, 2.75) is 4.90 Å². The lowest BCUT2D eigenvalue weighted by Gasteiger charge is -2.04. The fourth-order valence-corrected chi connectivity index (χ4v) is 2.03. The maximum Gasteiger partial charge on any atom is 0.337 e.